The van der Waals surface area contributed by atoms with E-state index in [1.165, 1.54) is 0 Å². The number of likely N-dealkylation sites (N-methyl/N-ethyl adjacent to an activating group) is 1. The van der Waals surface area contributed by atoms with Gasteiger partial charge in [0.25, 0.3) is 5.91 Å². The summed E-state index contributed by atoms with van der Waals surface area (Å²) in [6.07, 6.45) is 0. The van der Waals surface area contributed by atoms with Crippen LogP contribution in [0.4, 0.5) is 0 Å². The molecule has 108 valence electrons. The maximum atomic E-state index is 12.3. The number of carbonyl (C=O) groups is 1. The third-order valence-corrected chi connectivity index (χ3v) is 3.59. The second-order valence-electron chi connectivity index (χ2n) is 5.60. The molecule has 0 aliphatic rings. The van der Waals surface area contributed by atoms with Crippen molar-refractivity contribution in [2.75, 3.05) is 20.6 Å². The predicted octanol–water partition coefficient (Wildman–Crippen LogP) is 1.88. The number of nitrogens with zero attached hydrogens (tertiary/aromatic N) is 2. The van der Waals surface area contributed by atoms with Gasteiger partial charge in [-0.05, 0) is 26.1 Å². The highest BCUT2D eigenvalue weighted by molar-refractivity contribution is 6.04. The van der Waals surface area contributed by atoms with Crippen LogP contribution in [-0.4, -0.2) is 47.7 Å². The molecule has 0 saturated carbocycles. The highest BCUT2D eigenvalue weighted by Crippen LogP contribution is 2.15. The van der Waals surface area contributed by atoms with Crippen LogP contribution in [0.5, 0.6) is 0 Å². The summed E-state index contributed by atoms with van der Waals surface area (Å²) in [5.74, 6) is 0.344. The summed E-state index contributed by atoms with van der Waals surface area (Å²) < 4.78 is 0. The zero-order valence-corrected chi connectivity index (χ0v) is 12.5. The van der Waals surface area contributed by atoms with Crippen molar-refractivity contribution in [2.24, 2.45) is 5.92 Å². The van der Waals surface area contributed by atoms with Gasteiger partial charge in [-0.3, -0.25) is 9.89 Å². The lowest BCUT2D eigenvalue weighted by molar-refractivity contribution is 0.0931. The lowest BCUT2D eigenvalue weighted by Crippen LogP contribution is -2.43. The van der Waals surface area contributed by atoms with Gasteiger partial charge in [0.2, 0.25) is 0 Å². The number of hydrogen-bond acceptors (Lipinski definition) is 3. The highest BCUT2D eigenvalue weighted by atomic mass is 16.1. The van der Waals surface area contributed by atoms with Gasteiger partial charge < -0.3 is 10.2 Å². The van der Waals surface area contributed by atoms with E-state index >= 15 is 0 Å². The van der Waals surface area contributed by atoms with E-state index in [9.17, 15) is 4.79 Å². The zero-order chi connectivity index (χ0) is 14.7. The van der Waals surface area contributed by atoms with Crippen molar-refractivity contribution in [3.63, 3.8) is 0 Å². The molecule has 0 aliphatic carbocycles. The summed E-state index contributed by atoms with van der Waals surface area (Å²) in [5, 5.41) is 10.8. The minimum absolute atomic E-state index is 0.130. The van der Waals surface area contributed by atoms with Crippen LogP contribution in [0, 0.1) is 5.92 Å². The van der Waals surface area contributed by atoms with E-state index in [0.29, 0.717) is 24.2 Å². The van der Waals surface area contributed by atoms with Crippen molar-refractivity contribution in [1.82, 2.24) is 20.4 Å². The van der Waals surface area contributed by atoms with Crippen LogP contribution >= 0.6 is 0 Å². The van der Waals surface area contributed by atoms with Gasteiger partial charge in [0.05, 0.1) is 5.52 Å². The van der Waals surface area contributed by atoms with Crippen LogP contribution in [0.2, 0.25) is 0 Å². The van der Waals surface area contributed by atoms with Crippen molar-refractivity contribution in [3.05, 3.63) is 30.0 Å². The first-order valence-electron chi connectivity index (χ1n) is 6.88. The summed E-state index contributed by atoms with van der Waals surface area (Å²) in [6, 6.07) is 7.95. The average molecular weight is 274 g/mol. The Balaban J connectivity index is 2.09. The van der Waals surface area contributed by atoms with Crippen LogP contribution < -0.4 is 5.32 Å². The molecule has 1 heterocycles. The number of H-pyrrole nitrogens is 1. The molecule has 1 atom stereocenters. The van der Waals surface area contributed by atoms with Gasteiger partial charge >= 0.3 is 0 Å². The number of benzene rings is 1. The molecule has 5 nitrogen and oxygen atoms in total. The number of amides is 1. The first-order valence-corrected chi connectivity index (χ1v) is 6.88. The standard InChI is InChI=1S/C15H22N4O/c1-10(2)13(19(3)4)9-16-15(20)14-11-7-5-6-8-12(11)17-18-14/h5-8,10,13H,9H2,1-4H3,(H,16,20)(H,17,18). The van der Waals surface area contributed by atoms with Crippen LogP contribution in [-0.2, 0) is 0 Å². The molecule has 2 rings (SSSR count). The molecule has 20 heavy (non-hydrogen) atoms. The van der Waals surface area contributed by atoms with Crippen molar-refractivity contribution in [1.29, 1.82) is 0 Å². The Morgan fingerprint density at radius 1 is 1.35 bits per heavy atom. The van der Waals surface area contributed by atoms with E-state index < -0.39 is 0 Å². The lowest BCUT2D eigenvalue weighted by atomic mass is 10.0. The molecule has 2 aromatic rings. The molecule has 1 unspecified atom stereocenters. The van der Waals surface area contributed by atoms with Gasteiger partial charge in [-0.2, -0.15) is 5.10 Å². The monoisotopic (exact) mass is 274 g/mol. The molecule has 1 aromatic carbocycles. The summed E-state index contributed by atoms with van der Waals surface area (Å²) >= 11 is 0. The van der Waals surface area contributed by atoms with Crippen LogP contribution in [0.15, 0.2) is 24.3 Å². The third-order valence-electron chi connectivity index (χ3n) is 3.59. The zero-order valence-electron chi connectivity index (χ0n) is 12.5. The van der Waals surface area contributed by atoms with Gasteiger partial charge in [0.1, 0.15) is 0 Å². The highest BCUT2D eigenvalue weighted by Gasteiger charge is 2.19. The topological polar surface area (TPSA) is 61.0 Å². The molecule has 2 N–H and O–H groups in total. The average Bonchev–Trinajstić information content (AvgIpc) is 2.81. The van der Waals surface area contributed by atoms with Crippen molar-refractivity contribution >= 4 is 16.8 Å². The van der Waals surface area contributed by atoms with E-state index in [0.717, 1.165) is 10.9 Å². The Labute approximate surface area is 119 Å². The maximum absolute atomic E-state index is 12.3. The molecule has 0 spiro atoms. The number of aromatic nitrogens is 2. The summed E-state index contributed by atoms with van der Waals surface area (Å²) in [5.41, 5.74) is 1.34. The fourth-order valence-electron chi connectivity index (χ4n) is 2.43. The molecule has 5 heteroatoms. The fraction of sp³-hybridized carbons (Fsp3) is 0.467. The predicted molar refractivity (Wildman–Crippen MR) is 80.7 cm³/mol. The van der Waals surface area contributed by atoms with Crippen LogP contribution in [0.25, 0.3) is 10.9 Å². The Bertz CT molecular complexity index is 580. The fourth-order valence-corrected chi connectivity index (χ4v) is 2.43. The summed E-state index contributed by atoms with van der Waals surface area (Å²) in [6.45, 7) is 4.92. The molecule has 0 fully saturated rings. The van der Waals surface area contributed by atoms with E-state index in [-0.39, 0.29) is 5.91 Å². The maximum Gasteiger partial charge on any atom is 0.272 e. The number of carbonyl (C=O) groups excluding carboxylic acids is 1. The first kappa shape index (κ1) is 14.5. The molecular formula is C15H22N4O. The number of nitrogens with one attached hydrogen (secondary N) is 2. The molecule has 1 amide bonds. The molecule has 1 aromatic heterocycles. The van der Waals surface area contributed by atoms with Crippen molar-refractivity contribution < 1.29 is 4.79 Å². The Kier molecular flexibility index (Phi) is 4.39. The van der Waals surface area contributed by atoms with Gasteiger partial charge in [-0.1, -0.05) is 32.0 Å². The van der Waals surface area contributed by atoms with Crippen LogP contribution in [0.3, 0.4) is 0 Å². The second kappa shape index (κ2) is 6.05. The molecule has 0 saturated heterocycles. The lowest BCUT2D eigenvalue weighted by Gasteiger charge is -2.27. The molecule has 0 aliphatic heterocycles. The minimum Gasteiger partial charge on any atom is -0.349 e. The summed E-state index contributed by atoms with van der Waals surface area (Å²) in [4.78, 5) is 14.4. The van der Waals surface area contributed by atoms with Gasteiger partial charge in [0.15, 0.2) is 5.69 Å². The van der Waals surface area contributed by atoms with Gasteiger partial charge in [-0.25, -0.2) is 0 Å². The first-order chi connectivity index (χ1) is 9.50. The largest absolute Gasteiger partial charge is 0.349 e. The molecule has 0 bridgehead atoms. The minimum atomic E-state index is -0.130. The Hall–Kier alpha value is -1.88. The quantitative estimate of drug-likeness (QED) is 0.875. The second-order valence-corrected chi connectivity index (χ2v) is 5.60. The van der Waals surface area contributed by atoms with E-state index in [4.69, 9.17) is 0 Å². The van der Waals surface area contributed by atoms with Crippen molar-refractivity contribution in [2.45, 2.75) is 19.9 Å². The van der Waals surface area contributed by atoms with Crippen LogP contribution in [0.1, 0.15) is 24.3 Å². The van der Waals surface area contributed by atoms with E-state index in [2.05, 4.69) is 34.3 Å². The Morgan fingerprint density at radius 3 is 2.70 bits per heavy atom. The Morgan fingerprint density at radius 2 is 2.05 bits per heavy atom. The van der Waals surface area contributed by atoms with Gasteiger partial charge in [0, 0.05) is 18.0 Å². The smallest absolute Gasteiger partial charge is 0.272 e. The number of hydrogen-bond donors (Lipinski definition) is 2. The molecule has 0 radical (unpaired) electrons. The van der Waals surface area contributed by atoms with E-state index in [1.54, 1.807) is 0 Å². The SMILES string of the molecule is CC(C)C(CNC(=O)c1n[nH]c2ccccc12)N(C)C. The molecular weight excluding hydrogens is 252 g/mol. The normalized spacial score (nSPS) is 13.1. The number of rotatable bonds is 5. The third kappa shape index (κ3) is 2.99. The number of aromatic amines is 1. The van der Waals surface area contributed by atoms with E-state index in [1.807, 2.05) is 38.4 Å². The van der Waals surface area contributed by atoms with Gasteiger partial charge in [-0.15, -0.1) is 0 Å². The number of fused-ring (bicyclic) bond motifs is 1. The van der Waals surface area contributed by atoms with Crippen molar-refractivity contribution in [3.8, 4) is 0 Å². The number of para-hydroxylation sites is 1. The summed E-state index contributed by atoms with van der Waals surface area (Å²) in [7, 11) is 4.06.